The number of aliphatic hydroxyl groups excluding tert-OH is 1. The Morgan fingerprint density at radius 3 is 2.48 bits per heavy atom. The summed E-state index contributed by atoms with van der Waals surface area (Å²) in [4.78, 5) is 19.0. The molecule has 112 valence electrons. The minimum atomic E-state index is -0.211. The predicted molar refractivity (Wildman–Crippen MR) is 80.6 cm³/mol. The van der Waals surface area contributed by atoms with Gasteiger partial charge >= 0.3 is 0 Å². The van der Waals surface area contributed by atoms with Crippen molar-refractivity contribution in [3.05, 3.63) is 56.8 Å². The quantitative estimate of drug-likeness (QED) is 0.880. The van der Waals surface area contributed by atoms with Crippen molar-refractivity contribution in [1.82, 2.24) is 9.97 Å². The molecule has 0 unspecified atom stereocenters. The highest BCUT2D eigenvalue weighted by Crippen LogP contribution is 2.22. The molecule has 0 amide bonds. The third kappa shape index (κ3) is 3.49. The van der Waals surface area contributed by atoms with Gasteiger partial charge in [0.2, 0.25) is 0 Å². The Balaban J connectivity index is 2.20. The number of nitrogens with zero attached hydrogens (tertiary/aromatic N) is 1. The van der Waals surface area contributed by atoms with Gasteiger partial charge in [0.15, 0.2) is 0 Å². The van der Waals surface area contributed by atoms with E-state index in [1.165, 1.54) is 0 Å². The van der Waals surface area contributed by atoms with Gasteiger partial charge in [0.05, 0.1) is 0 Å². The van der Waals surface area contributed by atoms with Crippen LogP contribution in [-0.4, -0.2) is 21.7 Å². The van der Waals surface area contributed by atoms with Crippen LogP contribution in [0.25, 0.3) is 0 Å². The zero-order chi connectivity index (χ0) is 15.4. The molecule has 0 saturated carbocycles. The second-order valence-corrected chi connectivity index (χ2v) is 5.06. The number of ether oxygens (including phenoxy) is 1. The summed E-state index contributed by atoms with van der Waals surface area (Å²) in [5.41, 5.74) is 3.04. The van der Waals surface area contributed by atoms with Crippen LogP contribution >= 0.6 is 0 Å². The van der Waals surface area contributed by atoms with Gasteiger partial charge in [-0.05, 0) is 31.9 Å². The van der Waals surface area contributed by atoms with Crippen LogP contribution in [0.15, 0.2) is 23.0 Å². The van der Waals surface area contributed by atoms with E-state index in [9.17, 15) is 4.79 Å². The van der Waals surface area contributed by atoms with Crippen LogP contribution in [0, 0.1) is 20.8 Å². The Morgan fingerprint density at radius 2 is 1.90 bits per heavy atom. The third-order valence-corrected chi connectivity index (χ3v) is 3.40. The summed E-state index contributed by atoms with van der Waals surface area (Å²) in [5.74, 6) is 1.30. The van der Waals surface area contributed by atoms with Crippen molar-refractivity contribution in [1.29, 1.82) is 0 Å². The van der Waals surface area contributed by atoms with E-state index in [1.807, 2.05) is 32.0 Å². The number of rotatable bonds is 5. The van der Waals surface area contributed by atoms with E-state index < -0.39 is 0 Å². The Labute approximate surface area is 123 Å². The van der Waals surface area contributed by atoms with E-state index in [0.717, 1.165) is 16.9 Å². The van der Waals surface area contributed by atoms with Crippen LogP contribution in [0.4, 0.5) is 0 Å². The molecule has 0 saturated heterocycles. The van der Waals surface area contributed by atoms with Crippen molar-refractivity contribution in [2.75, 3.05) is 6.61 Å². The predicted octanol–water partition coefficient (Wildman–Crippen LogP) is 1.81. The van der Waals surface area contributed by atoms with Gasteiger partial charge in [-0.1, -0.05) is 18.2 Å². The molecule has 1 aromatic carbocycles. The van der Waals surface area contributed by atoms with E-state index in [1.54, 1.807) is 6.92 Å². The number of aromatic amines is 1. The van der Waals surface area contributed by atoms with E-state index in [0.29, 0.717) is 23.5 Å². The highest BCUT2D eigenvalue weighted by atomic mass is 16.5. The van der Waals surface area contributed by atoms with Crippen molar-refractivity contribution in [3.8, 4) is 5.75 Å². The molecular formula is C16H20N2O3. The van der Waals surface area contributed by atoms with Crippen molar-refractivity contribution in [3.63, 3.8) is 0 Å². The van der Waals surface area contributed by atoms with Crippen LogP contribution in [0.1, 0.15) is 28.2 Å². The van der Waals surface area contributed by atoms with E-state index in [2.05, 4.69) is 9.97 Å². The van der Waals surface area contributed by atoms with Crippen molar-refractivity contribution in [2.45, 2.75) is 33.8 Å². The monoisotopic (exact) mass is 288 g/mol. The van der Waals surface area contributed by atoms with E-state index >= 15 is 0 Å². The minimum absolute atomic E-state index is 0.0656. The number of benzene rings is 1. The first-order valence-corrected chi connectivity index (χ1v) is 6.91. The summed E-state index contributed by atoms with van der Waals surface area (Å²) in [6.07, 6.45) is 0.312. The lowest BCUT2D eigenvalue weighted by Crippen LogP contribution is -2.21. The Bertz CT molecular complexity index is 672. The first-order chi connectivity index (χ1) is 10.0. The van der Waals surface area contributed by atoms with Gasteiger partial charge in [-0.3, -0.25) is 4.79 Å². The molecule has 21 heavy (non-hydrogen) atoms. The number of para-hydroxylation sites is 1. The number of H-pyrrole nitrogens is 1. The van der Waals surface area contributed by atoms with E-state index in [4.69, 9.17) is 9.84 Å². The molecule has 0 aliphatic heterocycles. The fourth-order valence-electron chi connectivity index (χ4n) is 2.31. The van der Waals surface area contributed by atoms with E-state index in [-0.39, 0.29) is 18.8 Å². The van der Waals surface area contributed by atoms with Gasteiger partial charge in [-0.15, -0.1) is 0 Å². The molecule has 2 aromatic rings. The molecule has 0 spiro atoms. The molecule has 2 rings (SSSR count). The average molecular weight is 288 g/mol. The summed E-state index contributed by atoms with van der Waals surface area (Å²) in [7, 11) is 0. The van der Waals surface area contributed by atoms with Crippen LogP contribution in [-0.2, 0) is 13.0 Å². The molecule has 0 aliphatic rings. The number of nitrogens with one attached hydrogen (secondary N) is 1. The van der Waals surface area contributed by atoms with Crippen LogP contribution in [0.3, 0.4) is 0 Å². The summed E-state index contributed by atoms with van der Waals surface area (Å²) >= 11 is 0. The van der Waals surface area contributed by atoms with Crippen molar-refractivity contribution < 1.29 is 9.84 Å². The molecule has 5 nitrogen and oxygen atoms in total. The van der Waals surface area contributed by atoms with Gasteiger partial charge in [0.25, 0.3) is 5.56 Å². The van der Waals surface area contributed by atoms with Gasteiger partial charge < -0.3 is 14.8 Å². The second-order valence-electron chi connectivity index (χ2n) is 5.06. The molecule has 2 N–H and O–H groups in total. The summed E-state index contributed by atoms with van der Waals surface area (Å²) in [5, 5.41) is 8.95. The zero-order valence-corrected chi connectivity index (χ0v) is 12.6. The Morgan fingerprint density at radius 1 is 1.24 bits per heavy atom. The first kappa shape index (κ1) is 15.3. The van der Waals surface area contributed by atoms with Crippen LogP contribution < -0.4 is 10.3 Å². The summed E-state index contributed by atoms with van der Waals surface area (Å²) < 4.78 is 5.78. The molecule has 0 atom stereocenters. The third-order valence-electron chi connectivity index (χ3n) is 3.40. The first-order valence-electron chi connectivity index (χ1n) is 6.91. The van der Waals surface area contributed by atoms with Crippen molar-refractivity contribution >= 4 is 0 Å². The molecule has 0 bridgehead atoms. The normalized spacial score (nSPS) is 10.7. The van der Waals surface area contributed by atoms with Crippen molar-refractivity contribution in [2.24, 2.45) is 0 Å². The number of aliphatic hydroxyl groups is 1. The lowest BCUT2D eigenvalue weighted by molar-refractivity contribution is 0.289. The molecule has 5 heteroatoms. The summed E-state index contributed by atoms with van der Waals surface area (Å²) in [6.45, 7) is 5.87. The van der Waals surface area contributed by atoms with Gasteiger partial charge in [0.1, 0.15) is 18.2 Å². The highest BCUT2D eigenvalue weighted by Gasteiger charge is 2.09. The van der Waals surface area contributed by atoms with Gasteiger partial charge in [-0.25, -0.2) is 4.98 Å². The molecule has 1 heterocycles. The minimum Gasteiger partial charge on any atom is -0.485 e. The van der Waals surface area contributed by atoms with Crippen LogP contribution in [0.2, 0.25) is 0 Å². The lowest BCUT2D eigenvalue weighted by Gasteiger charge is -2.12. The smallest absolute Gasteiger partial charge is 0.254 e. The fraction of sp³-hybridized carbons (Fsp3) is 0.375. The highest BCUT2D eigenvalue weighted by molar-refractivity contribution is 5.39. The maximum atomic E-state index is 11.9. The maximum Gasteiger partial charge on any atom is 0.254 e. The van der Waals surface area contributed by atoms with Gasteiger partial charge in [0, 0.05) is 24.3 Å². The standard InChI is InChI=1S/C16H20N2O3/c1-10-5-4-6-11(2)15(10)21-9-14-17-12(3)13(7-8-19)16(20)18-14/h4-6,19H,7-9H2,1-3H3,(H,17,18,20). The molecule has 0 radical (unpaired) electrons. The number of hydrogen-bond donors (Lipinski definition) is 2. The topological polar surface area (TPSA) is 75.2 Å². The summed E-state index contributed by atoms with van der Waals surface area (Å²) in [6, 6.07) is 5.94. The molecule has 0 aliphatic carbocycles. The number of hydrogen-bond acceptors (Lipinski definition) is 4. The lowest BCUT2D eigenvalue weighted by atomic mass is 10.1. The number of aryl methyl sites for hydroxylation is 3. The molecule has 0 fully saturated rings. The fourth-order valence-corrected chi connectivity index (χ4v) is 2.31. The SMILES string of the molecule is Cc1cccc(C)c1OCc1nc(C)c(CCO)c(=O)[nH]1. The van der Waals surface area contributed by atoms with Crippen LogP contribution in [0.5, 0.6) is 5.75 Å². The molecule has 1 aromatic heterocycles. The Hall–Kier alpha value is -2.14. The molecular weight excluding hydrogens is 268 g/mol. The Kier molecular flexibility index (Phi) is 4.75. The maximum absolute atomic E-state index is 11.9. The second kappa shape index (κ2) is 6.54. The number of aromatic nitrogens is 2. The largest absolute Gasteiger partial charge is 0.485 e. The zero-order valence-electron chi connectivity index (χ0n) is 12.6. The van der Waals surface area contributed by atoms with Gasteiger partial charge in [-0.2, -0.15) is 0 Å². The average Bonchev–Trinajstić information content (AvgIpc) is 2.42.